The Labute approximate surface area is 169 Å². The van der Waals surface area contributed by atoms with Gasteiger partial charge in [-0.05, 0) is 30.7 Å². The molecule has 0 aliphatic rings. The number of nitrogens with zero attached hydrogens (tertiary/aromatic N) is 3. The van der Waals surface area contributed by atoms with Crippen LogP contribution in [-0.4, -0.2) is 25.4 Å². The molecular formula is C19H17ClN4O3S. The van der Waals surface area contributed by atoms with Crippen LogP contribution in [0.4, 0.5) is 17.2 Å². The molecule has 1 unspecified atom stereocenters. The number of hydrogen-bond acceptors (Lipinski definition) is 6. The lowest BCUT2D eigenvalue weighted by Gasteiger charge is -2.11. The third-order valence-corrected chi connectivity index (χ3v) is 4.93. The molecule has 3 rings (SSSR count). The van der Waals surface area contributed by atoms with Crippen LogP contribution in [0.15, 0.2) is 48.5 Å². The van der Waals surface area contributed by atoms with Gasteiger partial charge in [0.15, 0.2) is 5.82 Å². The summed E-state index contributed by atoms with van der Waals surface area (Å²) in [5.41, 5.74) is 2.76. The molecule has 28 heavy (non-hydrogen) atoms. The van der Waals surface area contributed by atoms with Gasteiger partial charge in [0, 0.05) is 63.0 Å². The number of aromatic nitrogens is 2. The van der Waals surface area contributed by atoms with E-state index in [9.17, 15) is 14.3 Å². The molecule has 144 valence electrons. The molecule has 1 heterocycles. The zero-order chi connectivity index (χ0) is 20.3. The number of rotatable bonds is 6. The number of nitro groups is 1. The minimum absolute atomic E-state index is 0.0213. The summed E-state index contributed by atoms with van der Waals surface area (Å²) in [7, 11) is -1.01. The molecule has 0 aliphatic carbocycles. The Kier molecular flexibility index (Phi) is 6.01. The molecule has 0 spiro atoms. The smallest absolute Gasteiger partial charge is 0.270 e. The molecule has 1 atom stereocenters. The molecule has 0 saturated carbocycles. The first-order valence-electron chi connectivity index (χ1n) is 8.28. The van der Waals surface area contributed by atoms with Crippen molar-refractivity contribution in [1.82, 2.24) is 9.97 Å². The fraction of sp³-hybridized carbons (Fsp3) is 0.158. The van der Waals surface area contributed by atoms with Crippen LogP contribution in [0.1, 0.15) is 11.3 Å². The Hall–Kier alpha value is -2.84. The van der Waals surface area contributed by atoms with Gasteiger partial charge in [0.2, 0.25) is 0 Å². The summed E-state index contributed by atoms with van der Waals surface area (Å²) in [5, 5.41) is 14.8. The summed E-state index contributed by atoms with van der Waals surface area (Å²) in [6.45, 7) is 1.82. The van der Waals surface area contributed by atoms with Gasteiger partial charge in [0.25, 0.3) is 5.69 Å². The predicted molar refractivity (Wildman–Crippen MR) is 111 cm³/mol. The lowest BCUT2D eigenvalue weighted by atomic mass is 10.2. The van der Waals surface area contributed by atoms with E-state index in [0.717, 1.165) is 11.3 Å². The largest absolute Gasteiger partial charge is 0.340 e. The molecule has 0 bridgehead atoms. The summed E-state index contributed by atoms with van der Waals surface area (Å²) in [6.07, 6.45) is 1.62. The van der Waals surface area contributed by atoms with Crippen LogP contribution in [0.5, 0.6) is 0 Å². The van der Waals surface area contributed by atoms with Gasteiger partial charge in [0.1, 0.15) is 5.82 Å². The Bertz CT molecular complexity index is 1070. The number of anilines is 2. The maximum Gasteiger partial charge on any atom is 0.270 e. The maximum atomic E-state index is 11.5. The van der Waals surface area contributed by atoms with Crippen molar-refractivity contribution in [2.45, 2.75) is 12.7 Å². The number of benzene rings is 2. The highest BCUT2D eigenvalue weighted by molar-refractivity contribution is 7.83. The molecular weight excluding hydrogens is 400 g/mol. The van der Waals surface area contributed by atoms with Crippen molar-refractivity contribution in [1.29, 1.82) is 0 Å². The maximum absolute atomic E-state index is 11.5. The van der Waals surface area contributed by atoms with Crippen LogP contribution >= 0.6 is 11.6 Å². The second kappa shape index (κ2) is 8.45. The average Bonchev–Trinajstić information content (AvgIpc) is 2.63. The minimum Gasteiger partial charge on any atom is -0.340 e. The Morgan fingerprint density at radius 3 is 2.68 bits per heavy atom. The number of nitrogens with one attached hydrogen (secondary N) is 1. The van der Waals surface area contributed by atoms with Crippen molar-refractivity contribution >= 4 is 39.6 Å². The van der Waals surface area contributed by atoms with E-state index in [1.165, 1.54) is 12.1 Å². The van der Waals surface area contributed by atoms with Gasteiger partial charge in [-0.25, -0.2) is 9.97 Å². The van der Waals surface area contributed by atoms with Crippen molar-refractivity contribution in [2.75, 3.05) is 11.6 Å². The number of aryl methyl sites for hydroxylation is 1. The van der Waals surface area contributed by atoms with Gasteiger partial charge in [-0.15, -0.1) is 0 Å². The third kappa shape index (κ3) is 4.90. The van der Waals surface area contributed by atoms with E-state index in [-0.39, 0.29) is 5.69 Å². The molecule has 2 aromatic carbocycles. The molecule has 9 heteroatoms. The fourth-order valence-electron chi connectivity index (χ4n) is 2.65. The van der Waals surface area contributed by atoms with E-state index in [2.05, 4.69) is 15.3 Å². The van der Waals surface area contributed by atoms with Crippen molar-refractivity contribution < 1.29 is 9.13 Å². The standard InChI is InChI=1S/C19H17ClN4O3S/c1-12-8-18(22-15-6-7-17(20)14(9-15)11-28(2)27)23-19(21-12)13-4-3-5-16(10-13)24(25)26/h3-10H,11H2,1-2H3,(H,21,22,23). The molecule has 0 saturated heterocycles. The fourth-order valence-corrected chi connectivity index (χ4v) is 3.59. The first-order valence-corrected chi connectivity index (χ1v) is 10.4. The van der Waals surface area contributed by atoms with Crippen molar-refractivity contribution in [3.63, 3.8) is 0 Å². The van der Waals surface area contributed by atoms with Crippen LogP contribution in [0, 0.1) is 17.0 Å². The van der Waals surface area contributed by atoms with Crippen LogP contribution < -0.4 is 5.32 Å². The topological polar surface area (TPSA) is 98.0 Å². The first kappa shape index (κ1) is 19.9. The summed E-state index contributed by atoms with van der Waals surface area (Å²) in [4.78, 5) is 19.4. The Morgan fingerprint density at radius 2 is 1.96 bits per heavy atom. The summed E-state index contributed by atoms with van der Waals surface area (Å²) in [6, 6.07) is 13.3. The van der Waals surface area contributed by atoms with Crippen LogP contribution in [0.2, 0.25) is 5.02 Å². The highest BCUT2D eigenvalue weighted by atomic mass is 35.5. The van der Waals surface area contributed by atoms with E-state index in [4.69, 9.17) is 11.6 Å². The second-order valence-corrected chi connectivity index (χ2v) is 8.02. The SMILES string of the molecule is Cc1cc(Nc2ccc(Cl)c(CS(C)=O)c2)nc(-c2cccc([N+](=O)[O-])c2)n1. The van der Waals surface area contributed by atoms with E-state index >= 15 is 0 Å². The average molecular weight is 417 g/mol. The molecule has 1 N–H and O–H groups in total. The highest BCUT2D eigenvalue weighted by Crippen LogP contribution is 2.26. The van der Waals surface area contributed by atoms with Crippen LogP contribution in [0.25, 0.3) is 11.4 Å². The molecule has 0 fully saturated rings. The zero-order valence-electron chi connectivity index (χ0n) is 15.2. The van der Waals surface area contributed by atoms with E-state index in [0.29, 0.717) is 33.7 Å². The second-order valence-electron chi connectivity index (χ2n) is 6.17. The predicted octanol–water partition coefficient (Wildman–Crippen LogP) is 4.64. The van der Waals surface area contributed by atoms with E-state index in [1.807, 2.05) is 13.0 Å². The number of halogens is 1. The van der Waals surface area contributed by atoms with E-state index in [1.54, 1.807) is 36.6 Å². The van der Waals surface area contributed by atoms with Gasteiger partial charge >= 0.3 is 0 Å². The lowest BCUT2D eigenvalue weighted by Crippen LogP contribution is -2.01. The number of nitro benzene ring substituents is 1. The van der Waals surface area contributed by atoms with Gasteiger partial charge in [0.05, 0.1) is 4.92 Å². The molecule has 3 aromatic rings. The van der Waals surface area contributed by atoms with Crippen LogP contribution in [-0.2, 0) is 16.6 Å². The Balaban J connectivity index is 1.93. The molecule has 1 aromatic heterocycles. The summed E-state index contributed by atoms with van der Waals surface area (Å²) < 4.78 is 11.5. The highest BCUT2D eigenvalue weighted by Gasteiger charge is 2.11. The monoisotopic (exact) mass is 416 g/mol. The van der Waals surface area contributed by atoms with Crippen LogP contribution in [0.3, 0.4) is 0 Å². The van der Waals surface area contributed by atoms with Gasteiger partial charge in [-0.1, -0.05) is 23.7 Å². The zero-order valence-corrected chi connectivity index (χ0v) is 16.8. The molecule has 0 amide bonds. The van der Waals surface area contributed by atoms with Gasteiger partial charge in [-0.2, -0.15) is 0 Å². The van der Waals surface area contributed by atoms with E-state index < -0.39 is 15.7 Å². The third-order valence-electron chi connectivity index (χ3n) is 3.85. The molecule has 7 nitrogen and oxygen atoms in total. The van der Waals surface area contributed by atoms with Crippen molar-refractivity contribution in [3.8, 4) is 11.4 Å². The minimum atomic E-state index is -1.01. The lowest BCUT2D eigenvalue weighted by molar-refractivity contribution is -0.384. The normalized spacial score (nSPS) is 11.8. The quantitative estimate of drug-likeness (QED) is 0.464. The van der Waals surface area contributed by atoms with Gasteiger partial charge < -0.3 is 5.32 Å². The Morgan fingerprint density at radius 1 is 1.18 bits per heavy atom. The summed E-state index contributed by atoms with van der Waals surface area (Å²) in [5.74, 6) is 1.28. The summed E-state index contributed by atoms with van der Waals surface area (Å²) >= 11 is 6.17. The van der Waals surface area contributed by atoms with Gasteiger partial charge in [-0.3, -0.25) is 14.3 Å². The molecule has 0 aliphatic heterocycles. The molecule has 0 radical (unpaired) electrons. The number of non-ortho nitro benzene ring substituents is 1. The first-order chi connectivity index (χ1) is 13.3. The number of hydrogen-bond donors (Lipinski definition) is 1. The van der Waals surface area contributed by atoms with Crippen molar-refractivity contribution in [3.05, 3.63) is 74.9 Å². The van der Waals surface area contributed by atoms with Crippen molar-refractivity contribution in [2.24, 2.45) is 0 Å².